The van der Waals surface area contributed by atoms with Crippen molar-refractivity contribution in [2.24, 2.45) is 23.7 Å². The van der Waals surface area contributed by atoms with Crippen LogP contribution in [0.2, 0.25) is 0 Å². The Bertz CT molecular complexity index is 1460. The fourth-order valence-electron chi connectivity index (χ4n) is 7.30. The number of aliphatic hydroxyl groups is 1. The number of anilines is 1. The van der Waals surface area contributed by atoms with Crippen LogP contribution in [0.5, 0.6) is 0 Å². The largest absolute Gasteiger partial charge is 0.394 e. The molecule has 0 saturated carbocycles. The molecule has 3 aliphatic heterocycles. The summed E-state index contributed by atoms with van der Waals surface area (Å²) < 4.78 is 0.847. The van der Waals surface area contributed by atoms with E-state index in [1.807, 2.05) is 68.4 Å². The molecule has 3 fully saturated rings. The van der Waals surface area contributed by atoms with Gasteiger partial charge in [-0.15, -0.1) is 16.9 Å². The monoisotopic (exact) mass is 576 g/mol. The highest BCUT2D eigenvalue weighted by Crippen LogP contribution is 2.69. The molecule has 0 aliphatic carbocycles. The van der Waals surface area contributed by atoms with Crippen molar-refractivity contribution >= 4 is 46.2 Å². The van der Waals surface area contributed by atoms with Crippen molar-refractivity contribution in [3.05, 3.63) is 54.6 Å². The minimum Gasteiger partial charge on any atom is -0.394 e. The molecule has 2 aromatic carbocycles. The minimum absolute atomic E-state index is 0.0265. The van der Waals surface area contributed by atoms with E-state index in [1.54, 1.807) is 21.3 Å². The van der Waals surface area contributed by atoms with Gasteiger partial charge in [-0.3, -0.25) is 14.4 Å². The number of aliphatic hydroxyl groups excluding tert-OH is 1. The molecule has 4 heterocycles. The van der Waals surface area contributed by atoms with Crippen molar-refractivity contribution in [2.45, 2.75) is 62.4 Å². The fraction of sp³-hybridized carbons (Fsp3) is 0.500. The number of benzene rings is 2. The number of nitrogens with zero attached hydrogens (tertiary/aromatic N) is 4. The highest BCUT2D eigenvalue weighted by atomic mass is 32.2. The van der Waals surface area contributed by atoms with Gasteiger partial charge in [-0.05, 0) is 48.9 Å². The smallest absolute Gasteiger partial charge is 0.245 e. The summed E-state index contributed by atoms with van der Waals surface area (Å²) in [6.07, 6.45) is 1.28. The van der Waals surface area contributed by atoms with E-state index in [-0.39, 0.29) is 48.1 Å². The summed E-state index contributed by atoms with van der Waals surface area (Å²) in [6.45, 7) is 5.99. The number of nitrogens with one attached hydrogen (secondary N) is 2. The lowest BCUT2D eigenvalue weighted by Gasteiger charge is -2.40. The highest BCUT2D eigenvalue weighted by Gasteiger charge is 2.76. The number of hydrogen-bond donors (Lipinski definition) is 3. The molecule has 41 heavy (non-hydrogen) atoms. The van der Waals surface area contributed by atoms with E-state index in [1.165, 1.54) is 0 Å². The van der Waals surface area contributed by atoms with Crippen molar-refractivity contribution in [3.8, 4) is 0 Å². The molecule has 3 aliphatic rings. The highest BCUT2D eigenvalue weighted by molar-refractivity contribution is 8.02. The maximum atomic E-state index is 14.4. The summed E-state index contributed by atoms with van der Waals surface area (Å²) in [5.74, 6) is -1.71. The van der Waals surface area contributed by atoms with Gasteiger partial charge in [0.05, 0.1) is 34.7 Å². The van der Waals surface area contributed by atoms with Gasteiger partial charge < -0.3 is 20.6 Å². The predicted octanol–water partition coefficient (Wildman–Crippen LogP) is 2.89. The Morgan fingerprint density at radius 1 is 1.12 bits per heavy atom. The lowest BCUT2D eigenvalue weighted by molar-refractivity contribution is -0.142. The van der Waals surface area contributed by atoms with Crippen LogP contribution in [0.1, 0.15) is 33.6 Å². The Hall–Kier alpha value is -3.44. The third-order valence-corrected chi connectivity index (χ3v) is 11.0. The Kier molecular flexibility index (Phi) is 7.27. The van der Waals surface area contributed by atoms with Crippen LogP contribution in [0.15, 0.2) is 54.6 Å². The average molecular weight is 577 g/mol. The van der Waals surface area contributed by atoms with Gasteiger partial charge in [0.1, 0.15) is 18.2 Å². The van der Waals surface area contributed by atoms with E-state index in [0.29, 0.717) is 12.1 Å². The standard InChI is InChI=1S/C30H36N6O4S/c1-17(2)13-20(15-37)36-26(28(39)31-16-35-22-12-8-7-11-21(22)33-34-35)30-18(3)14-23(41-30)24(25(30)29(36)40)27(38)32-19-9-5-4-6-10-19/h4-12,17-18,20,23-26,37H,13-16H2,1-3H3,(H,31,39)(H,32,38)/t18?,20-,23+,24-,25+,26?,30?/m1/s1. The second-order valence-corrected chi connectivity index (χ2v) is 13.4. The number of carbonyl (C=O) groups excluding carboxylic acids is 3. The minimum atomic E-state index is -0.829. The zero-order chi connectivity index (χ0) is 28.9. The molecule has 1 spiro atoms. The predicted molar refractivity (Wildman–Crippen MR) is 157 cm³/mol. The summed E-state index contributed by atoms with van der Waals surface area (Å²) in [5.41, 5.74) is 2.19. The number of amides is 3. The van der Waals surface area contributed by atoms with Crippen LogP contribution < -0.4 is 10.6 Å². The Balaban J connectivity index is 1.35. The Morgan fingerprint density at radius 3 is 2.59 bits per heavy atom. The number of para-hydroxylation sites is 2. The molecule has 3 unspecified atom stereocenters. The van der Waals surface area contributed by atoms with Crippen molar-refractivity contribution in [2.75, 3.05) is 11.9 Å². The molecule has 6 rings (SSSR count). The van der Waals surface area contributed by atoms with Crippen LogP contribution in [-0.4, -0.2) is 71.4 Å². The van der Waals surface area contributed by atoms with Crippen molar-refractivity contribution in [3.63, 3.8) is 0 Å². The number of thioether (sulfide) groups is 1. The van der Waals surface area contributed by atoms with E-state index < -0.39 is 28.7 Å². The first-order chi connectivity index (χ1) is 19.8. The molecule has 7 atom stereocenters. The van der Waals surface area contributed by atoms with Crippen molar-refractivity contribution in [1.82, 2.24) is 25.2 Å². The first-order valence-corrected chi connectivity index (χ1v) is 15.2. The molecule has 10 nitrogen and oxygen atoms in total. The van der Waals surface area contributed by atoms with Gasteiger partial charge in [0, 0.05) is 10.9 Å². The van der Waals surface area contributed by atoms with Crippen LogP contribution in [0.3, 0.4) is 0 Å². The summed E-state index contributed by atoms with van der Waals surface area (Å²) >= 11 is 1.62. The number of carbonyl (C=O) groups is 3. The zero-order valence-corrected chi connectivity index (χ0v) is 24.3. The lowest BCUT2D eigenvalue weighted by Crippen LogP contribution is -2.58. The number of fused-ring (bicyclic) bond motifs is 2. The average Bonchev–Trinajstić information content (AvgIpc) is 3.68. The van der Waals surface area contributed by atoms with E-state index in [2.05, 4.69) is 27.9 Å². The zero-order valence-electron chi connectivity index (χ0n) is 23.4. The third kappa shape index (κ3) is 4.50. The van der Waals surface area contributed by atoms with E-state index in [4.69, 9.17) is 0 Å². The summed E-state index contributed by atoms with van der Waals surface area (Å²) in [4.78, 5) is 44.0. The van der Waals surface area contributed by atoms with Gasteiger partial charge in [-0.25, -0.2) is 4.68 Å². The summed E-state index contributed by atoms with van der Waals surface area (Å²) in [6, 6.07) is 15.4. The van der Waals surface area contributed by atoms with E-state index >= 15 is 0 Å². The second-order valence-electron chi connectivity index (χ2n) is 11.9. The molecule has 11 heteroatoms. The van der Waals surface area contributed by atoms with Crippen LogP contribution in [0, 0.1) is 23.7 Å². The van der Waals surface area contributed by atoms with Crippen LogP contribution in [0.4, 0.5) is 5.69 Å². The Labute approximate surface area is 243 Å². The summed E-state index contributed by atoms with van der Waals surface area (Å²) in [7, 11) is 0. The molecule has 216 valence electrons. The molecular weight excluding hydrogens is 540 g/mol. The third-order valence-electron chi connectivity index (χ3n) is 8.95. The number of hydrogen-bond acceptors (Lipinski definition) is 7. The van der Waals surface area contributed by atoms with Crippen LogP contribution in [0.25, 0.3) is 11.0 Å². The topological polar surface area (TPSA) is 129 Å². The normalized spacial score (nSPS) is 29.2. The van der Waals surface area contributed by atoms with Crippen molar-refractivity contribution in [1.29, 1.82) is 0 Å². The van der Waals surface area contributed by atoms with Crippen LogP contribution in [-0.2, 0) is 21.1 Å². The second kappa shape index (κ2) is 10.8. The number of aromatic nitrogens is 3. The first-order valence-electron chi connectivity index (χ1n) is 14.3. The molecule has 3 aromatic rings. The fourth-order valence-corrected chi connectivity index (χ4v) is 9.71. The molecule has 0 radical (unpaired) electrons. The van der Waals surface area contributed by atoms with Gasteiger partial charge in [-0.2, -0.15) is 0 Å². The number of rotatable bonds is 9. The van der Waals surface area contributed by atoms with E-state index in [0.717, 1.165) is 17.5 Å². The van der Waals surface area contributed by atoms with Gasteiger partial charge in [-0.1, -0.05) is 56.3 Å². The maximum absolute atomic E-state index is 14.4. The van der Waals surface area contributed by atoms with E-state index in [9.17, 15) is 19.5 Å². The number of likely N-dealkylation sites (tertiary alicyclic amines) is 1. The van der Waals surface area contributed by atoms with Crippen molar-refractivity contribution < 1.29 is 19.5 Å². The maximum Gasteiger partial charge on any atom is 0.245 e. The Morgan fingerprint density at radius 2 is 1.85 bits per heavy atom. The van der Waals surface area contributed by atoms with Crippen LogP contribution >= 0.6 is 11.8 Å². The van der Waals surface area contributed by atoms with Gasteiger partial charge in [0.2, 0.25) is 17.7 Å². The van der Waals surface area contributed by atoms with Gasteiger partial charge in [0.15, 0.2) is 0 Å². The molecular formula is C30H36N6O4S. The lowest BCUT2D eigenvalue weighted by atomic mass is 9.66. The summed E-state index contributed by atoms with van der Waals surface area (Å²) in [5, 5.41) is 24.8. The first kappa shape index (κ1) is 27.7. The van der Waals surface area contributed by atoms with Gasteiger partial charge in [0.25, 0.3) is 0 Å². The molecule has 3 amide bonds. The quantitative estimate of drug-likeness (QED) is 0.357. The molecule has 2 bridgehead atoms. The molecule has 3 saturated heterocycles. The molecule has 1 aromatic heterocycles. The molecule has 3 N–H and O–H groups in total. The SMILES string of the molecule is CC(C)C[C@H](CO)N1C(=O)[C@@H]2[C@H](C(=O)Nc3ccccc3)[C@@H]3CC(C)C2(S3)C1C(=O)NCn1nnc2ccccc21. The van der Waals surface area contributed by atoms with Gasteiger partial charge >= 0.3 is 0 Å².